The maximum absolute atomic E-state index is 14.4. The Labute approximate surface area is 208 Å². The number of carbonyl (C=O) groups excluding carboxylic acids is 1. The Morgan fingerprint density at radius 1 is 1.11 bits per heavy atom. The van der Waals surface area contributed by atoms with E-state index in [-0.39, 0.29) is 36.7 Å². The lowest BCUT2D eigenvalue weighted by Crippen LogP contribution is -2.57. The molecule has 0 spiro atoms. The number of carboxylic acids is 1. The number of likely N-dealkylation sites (tertiary alicyclic amines) is 1. The maximum atomic E-state index is 14.4. The van der Waals surface area contributed by atoms with Crippen LogP contribution in [-0.2, 0) is 25.8 Å². The lowest BCUT2D eigenvalue weighted by atomic mass is 9.67. The van der Waals surface area contributed by atoms with Crippen LogP contribution in [0.25, 0.3) is 0 Å². The summed E-state index contributed by atoms with van der Waals surface area (Å²) in [6.07, 6.45) is 0.124. The molecule has 1 heterocycles. The minimum absolute atomic E-state index is 0.00319. The molecule has 0 aromatic heterocycles. The highest BCUT2D eigenvalue weighted by Gasteiger charge is 2.69. The van der Waals surface area contributed by atoms with Crippen LogP contribution in [0.5, 0.6) is 0 Å². The fourth-order valence-corrected chi connectivity index (χ4v) is 8.04. The van der Waals surface area contributed by atoms with Crippen LogP contribution < -0.4 is 5.73 Å². The first-order valence-electron chi connectivity index (χ1n) is 12.1. The third-order valence-electron chi connectivity index (χ3n) is 7.13. The molecular weight excluding hydrogens is 464 g/mol. The van der Waals surface area contributed by atoms with E-state index in [0.29, 0.717) is 13.0 Å². The smallest absolute Gasteiger partial charge is 0.304 e. The van der Waals surface area contributed by atoms with Crippen molar-refractivity contribution in [1.29, 1.82) is 0 Å². The van der Waals surface area contributed by atoms with Gasteiger partial charge >= 0.3 is 5.97 Å². The number of aryl methyl sites for hydroxylation is 1. The van der Waals surface area contributed by atoms with E-state index >= 15 is 0 Å². The van der Waals surface area contributed by atoms with Gasteiger partial charge < -0.3 is 15.7 Å². The zero-order valence-corrected chi connectivity index (χ0v) is 21.6. The van der Waals surface area contributed by atoms with Crippen molar-refractivity contribution >= 4 is 21.7 Å². The number of sulfone groups is 1. The standard InChI is InChI=1S/C27H36N2O5S/c1-20(2)17-26(18-24(30)31)25(32)29(16-13-22-7-5-4-6-8-22)19-27(26,14-15-28)35(33,34)23-11-9-21(3)10-12-23/h4-12,20H,13-19,28H2,1-3H3,(H,30,31). The van der Waals surface area contributed by atoms with E-state index in [1.807, 2.05) is 51.1 Å². The maximum Gasteiger partial charge on any atom is 0.304 e. The summed E-state index contributed by atoms with van der Waals surface area (Å²) in [5, 5.41) is 9.94. The molecule has 3 N–H and O–H groups in total. The van der Waals surface area contributed by atoms with E-state index in [2.05, 4.69) is 0 Å². The molecule has 1 aliphatic rings. The summed E-state index contributed by atoms with van der Waals surface area (Å²) in [6.45, 7) is 5.88. The number of nitrogens with two attached hydrogens (primary N) is 1. The van der Waals surface area contributed by atoms with Crippen LogP contribution in [0.1, 0.15) is 44.2 Å². The molecule has 2 unspecified atom stereocenters. The van der Waals surface area contributed by atoms with Crippen LogP contribution in [0, 0.1) is 18.3 Å². The summed E-state index contributed by atoms with van der Waals surface area (Å²) < 4.78 is 27.1. The van der Waals surface area contributed by atoms with E-state index in [1.54, 1.807) is 29.2 Å². The molecule has 1 fully saturated rings. The van der Waals surface area contributed by atoms with Gasteiger partial charge in [0, 0.05) is 13.1 Å². The molecule has 7 nitrogen and oxygen atoms in total. The predicted molar refractivity (Wildman–Crippen MR) is 136 cm³/mol. The number of amides is 1. The van der Waals surface area contributed by atoms with Crippen molar-refractivity contribution in [3.8, 4) is 0 Å². The van der Waals surface area contributed by atoms with Gasteiger partial charge in [-0.15, -0.1) is 0 Å². The molecule has 1 saturated heterocycles. The van der Waals surface area contributed by atoms with Crippen molar-refractivity contribution in [2.45, 2.75) is 56.1 Å². The first-order valence-corrected chi connectivity index (χ1v) is 13.5. The van der Waals surface area contributed by atoms with Gasteiger partial charge in [-0.05, 0) is 56.3 Å². The third kappa shape index (κ3) is 5.00. The van der Waals surface area contributed by atoms with Gasteiger partial charge in [0.2, 0.25) is 5.91 Å². The topological polar surface area (TPSA) is 118 Å². The molecular formula is C27H36N2O5S. The largest absolute Gasteiger partial charge is 0.481 e. The molecule has 190 valence electrons. The molecule has 2 aromatic carbocycles. The highest BCUT2D eigenvalue weighted by molar-refractivity contribution is 7.93. The summed E-state index contributed by atoms with van der Waals surface area (Å²) in [5.41, 5.74) is 6.30. The summed E-state index contributed by atoms with van der Waals surface area (Å²) in [4.78, 5) is 27.9. The Bertz CT molecular complexity index is 1150. The Morgan fingerprint density at radius 3 is 2.29 bits per heavy atom. The van der Waals surface area contributed by atoms with Crippen LogP contribution in [0.2, 0.25) is 0 Å². The zero-order chi connectivity index (χ0) is 25.9. The zero-order valence-electron chi connectivity index (χ0n) is 20.7. The van der Waals surface area contributed by atoms with Crippen molar-refractivity contribution in [3.63, 3.8) is 0 Å². The summed E-state index contributed by atoms with van der Waals surface area (Å²) in [5.74, 6) is -1.70. The van der Waals surface area contributed by atoms with Crippen LogP contribution in [-0.4, -0.2) is 54.7 Å². The molecule has 2 aromatic rings. The van der Waals surface area contributed by atoms with Gasteiger partial charge in [0.1, 0.15) is 4.75 Å². The quantitative estimate of drug-likeness (QED) is 0.488. The molecule has 0 bridgehead atoms. The minimum atomic E-state index is -4.13. The Balaban J connectivity index is 2.19. The summed E-state index contributed by atoms with van der Waals surface area (Å²) in [6, 6.07) is 16.2. The molecule has 2 atom stereocenters. The summed E-state index contributed by atoms with van der Waals surface area (Å²) >= 11 is 0. The highest BCUT2D eigenvalue weighted by atomic mass is 32.2. The SMILES string of the molecule is Cc1ccc(S(=O)(=O)C2(CCN)CN(CCc3ccccc3)C(=O)C2(CC(=O)O)CC(C)C)cc1. The van der Waals surface area contributed by atoms with Gasteiger partial charge in [-0.25, -0.2) is 8.42 Å². The second kappa shape index (κ2) is 10.5. The first-order chi connectivity index (χ1) is 16.5. The molecule has 1 aliphatic heterocycles. The number of hydrogen-bond acceptors (Lipinski definition) is 5. The molecule has 3 rings (SSSR count). The van der Waals surface area contributed by atoms with Crippen LogP contribution in [0.15, 0.2) is 59.5 Å². The highest BCUT2D eigenvalue weighted by Crippen LogP contribution is 2.55. The fourth-order valence-electron chi connectivity index (χ4n) is 5.63. The Hall–Kier alpha value is -2.71. The molecule has 0 radical (unpaired) electrons. The number of hydrogen-bond donors (Lipinski definition) is 2. The second-order valence-electron chi connectivity index (χ2n) is 10.1. The number of carbonyl (C=O) groups is 2. The lowest BCUT2D eigenvalue weighted by Gasteiger charge is -2.42. The molecule has 8 heteroatoms. The minimum Gasteiger partial charge on any atom is -0.481 e. The van der Waals surface area contributed by atoms with E-state index in [9.17, 15) is 23.1 Å². The average molecular weight is 501 g/mol. The van der Waals surface area contributed by atoms with Gasteiger partial charge in [0.15, 0.2) is 9.84 Å². The van der Waals surface area contributed by atoms with Crippen LogP contribution >= 0.6 is 0 Å². The molecule has 0 aliphatic carbocycles. The van der Waals surface area contributed by atoms with Crippen LogP contribution in [0.3, 0.4) is 0 Å². The van der Waals surface area contributed by atoms with E-state index in [0.717, 1.165) is 11.1 Å². The second-order valence-corrected chi connectivity index (χ2v) is 12.3. The molecule has 35 heavy (non-hydrogen) atoms. The first kappa shape index (κ1) is 26.9. The van der Waals surface area contributed by atoms with E-state index in [4.69, 9.17) is 5.73 Å². The molecule has 0 saturated carbocycles. The Morgan fingerprint density at radius 2 is 1.74 bits per heavy atom. The number of benzene rings is 2. The number of nitrogens with zero attached hydrogens (tertiary/aromatic N) is 1. The third-order valence-corrected chi connectivity index (χ3v) is 9.78. The van der Waals surface area contributed by atoms with Gasteiger partial charge in [-0.1, -0.05) is 61.9 Å². The van der Waals surface area contributed by atoms with Crippen molar-refractivity contribution in [2.75, 3.05) is 19.6 Å². The van der Waals surface area contributed by atoms with Crippen molar-refractivity contribution in [1.82, 2.24) is 4.90 Å². The van der Waals surface area contributed by atoms with Gasteiger partial charge in [0.25, 0.3) is 0 Å². The van der Waals surface area contributed by atoms with E-state index in [1.165, 1.54) is 0 Å². The van der Waals surface area contributed by atoms with Crippen molar-refractivity contribution in [3.05, 3.63) is 65.7 Å². The molecule has 1 amide bonds. The lowest BCUT2D eigenvalue weighted by molar-refractivity contribution is -0.148. The average Bonchev–Trinajstić information content (AvgIpc) is 3.01. The monoisotopic (exact) mass is 500 g/mol. The normalized spacial score (nSPS) is 22.7. The van der Waals surface area contributed by atoms with Crippen molar-refractivity contribution in [2.24, 2.45) is 17.1 Å². The van der Waals surface area contributed by atoms with Crippen molar-refractivity contribution < 1.29 is 23.1 Å². The van der Waals surface area contributed by atoms with E-state index < -0.39 is 38.3 Å². The predicted octanol–water partition coefficient (Wildman–Crippen LogP) is 3.45. The summed E-state index contributed by atoms with van der Waals surface area (Å²) in [7, 11) is -4.13. The van der Waals surface area contributed by atoms with Gasteiger partial charge in [-0.2, -0.15) is 0 Å². The number of aliphatic carboxylic acids is 1. The van der Waals surface area contributed by atoms with Gasteiger partial charge in [-0.3, -0.25) is 9.59 Å². The fraction of sp³-hybridized carbons (Fsp3) is 0.481. The van der Waals surface area contributed by atoms with Gasteiger partial charge in [0.05, 0.1) is 16.7 Å². The number of carboxylic acid groups (broad SMARTS) is 1. The number of rotatable bonds is 11. The van der Waals surface area contributed by atoms with Crippen LogP contribution in [0.4, 0.5) is 0 Å². The Kier molecular flexibility index (Phi) is 8.07.